The molecule has 3 heterocycles. The first-order valence-corrected chi connectivity index (χ1v) is 8.17. The summed E-state index contributed by atoms with van der Waals surface area (Å²) in [6, 6.07) is 9.79. The van der Waals surface area contributed by atoms with Gasteiger partial charge in [-0.25, -0.2) is 0 Å². The topological polar surface area (TPSA) is 74.2 Å². The largest absolute Gasteiger partial charge is 0.308 e. The lowest BCUT2D eigenvalue weighted by Crippen LogP contribution is -2.49. The highest BCUT2D eigenvalue weighted by atomic mass is 16.2. The lowest BCUT2D eigenvalue weighted by Gasteiger charge is -2.37. The maximum absolute atomic E-state index is 12.1. The Morgan fingerprint density at radius 2 is 2.00 bits per heavy atom. The van der Waals surface area contributed by atoms with Crippen molar-refractivity contribution in [2.45, 2.75) is 13.0 Å². The number of rotatable bonds is 5. The predicted octanol–water partition coefficient (Wildman–Crippen LogP) is 1.19. The van der Waals surface area contributed by atoms with E-state index in [0.717, 1.165) is 31.9 Å². The molecule has 1 unspecified atom stereocenters. The molecule has 1 aliphatic rings. The van der Waals surface area contributed by atoms with Crippen molar-refractivity contribution in [3.63, 3.8) is 0 Å². The molecule has 126 valence electrons. The molecule has 0 bridgehead atoms. The summed E-state index contributed by atoms with van der Waals surface area (Å²) < 4.78 is 0. The second-order valence-corrected chi connectivity index (χ2v) is 5.90. The number of anilines is 1. The summed E-state index contributed by atoms with van der Waals surface area (Å²) in [4.78, 5) is 21.1. The van der Waals surface area contributed by atoms with Crippen LogP contribution in [-0.2, 0) is 4.79 Å². The van der Waals surface area contributed by atoms with Gasteiger partial charge in [0.1, 0.15) is 0 Å². The van der Waals surface area contributed by atoms with Crippen LogP contribution in [0.1, 0.15) is 18.7 Å². The number of carbonyl (C=O) groups is 1. The Morgan fingerprint density at radius 3 is 2.67 bits per heavy atom. The molecule has 2 aromatic rings. The molecule has 0 radical (unpaired) electrons. The first kappa shape index (κ1) is 16.5. The van der Waals surface area contributed by atoms with Gasteiger partial charge in [-0.05, 0) is 31.2 Å². The molecular formula is C17H22N6O. The van der Waals surface area contributed by atoms with E-state index in [1.165, 1.54) is 0 Å². The van der Waals surface area contributed by atoms with Crippen molar-refractivity contribution in [1.29, 1.82) is 0 Å². The van der Waals surface area contributed by atoms with Gasteiger partial charge in [0.05, 0.1) is 12.2 Å². The third-order valence-electron chi connectivity index (χ3n) is 4.28. The highest BCUT2D eigenvalue weighted by Gasteiger charge is 2.23. The van der Waals surface area contributed by atoms with E-state index < -0.39 is 0 Å². The number of hydrogen-bond donors (Lipinski definition) is 1. The summed E-state index contributed by atoms with van der Waals surface area (Å²) in [5.74, 6) is 0.437. The molecule has 0 aromatic carbocycles. The van der Waals surface area contributed by atoms with Crippen molar-refractivity contribution in [2.24, 2.45) is 0 Å². The van der Waals surface area contributed by atoms with Crippen molar-refractivity contribution in [1.82, 2.24) is 25.0 Å². The van der Waals surface area contributed by atoms with Crippen LogP contribution in [0, 0.1) is 0 Å². The van der Waals surface area contributed by atoms with Crippen LogP contribution >= 0.6 is 0 Å². The standard InChI is InChI=1S/C17H22N6O/c1-14(15-5-2-3-7-18-15)23-11-9-22(10-12-23)13-17(24)20-16-6-4-8-19-21-16/h2-8,14H,9-13H2,1H3,(H,20,21,24). The lowest BCUT2D eigenvalue weighted by molar-refractivity contribution is -0.117. The van der Waals surface area contributed by atoms with Crippen LogP contribution in [0.5, 0.6) is 0 Å². The Labute approximate surface area is 141 Å². The highest BCUT2D eigenvalue weighted by Crippen LogP contribution is 2.19. The number of amides is 1. The summed E-state index contributed by atoms with van der Waals surface area (Å²) in [7, 11) is 0. The Hall–Kier alpha value is -2.38. The van der Waals surface area contributed by atoms with Crippen molar-refractivity contribution in [3.8, 4) is 0 Å². The Balaban J connectivity index is 1.46. The molecule has 0 spiro atoms. The van der Waals surface area contributed by atoms with Gasteiger partial charge in [-0.3, -0.25) is 19.6 Å². The fourth-order valence-corrected chi connectivity index (χ4v) is 2.87. The smallest absolute Gasteiger partial charge is 0.239 e. The fraction of sp³-hybridized carbons (Fsp3) is 0.412. The summed E-state index contributed by atoms with van der Waals surface area (Å²) in [6.07, 6.45) is 3.41. The Morgan fingerprint density at radius 1 is 1.17 bits per heavy atom. The van der Waals surface area contributed by atoms with E-state index in [-0.39, 0.29) is 5.91 Å². The fourth-order valence-electron chi connectivity index (χ4n) is 2.87. The van der Waals surface area contributed by atoms with Gasteiger partial charge in [-0.15, -0.1) is 5.10 Å². The third kappa shape index (κ3) is 4.33. The van der Waals surface area contributed by atoms with Crippen molar-refractivity contribution >= 4 is 11.7 Å². The molecular weight excluding hydrogens is 304 g/mol. The average Bonchev–Trinajstić information content (AvgIpc) is 2.63. The predicted molar refractivity (Wildman–Crippen MR) is 91.3 cm³/mol. The van der Waals surface area contributed by atoms with Gasteiger partial charge in [-0.2, -0.15) is 5.10 Å². The van der Waals surface area contributed by atoms with E-state index in [1.54, 1.807) is 18.3 Å². The van der Waals surface area contributed by atoms with Gasteiger partial charge < -0.3 is 5.32 Å². The van der Waals surface area contributed by atoms with Crippen LogP contribution < -0.4 is 5.32 Å². The zero-order valence-corrected chi connectivity index (χ0v) is 13.8. The van der Waals surface area contributed by atoms with Crippen molar-refractivity contribution in [2.75, 3.05) is 38.0 Å². The van der Waals surface area contributed by atoms with E-state index in [4.69, 9.17) is 0 Å². The number of aromatic nitrogens is 3. The quantitative estimate of drug-likeness (QED) is 0.890. The molecule has 0 saturated carbocycles. The van der Waals surface area contributed by atoms with Crippen LogP contribution in [-0.4, -0.2) is 63.6 Å². The zero-order chi connectivity index (χ0) is 16.8. The minimum absolute atomic E-state index is 0.0540. The maximum Gasteiger partial charge on any atom is 0.239 e. The molecule has 7 nitrogen and oxygen atoms in total. The molecule has 1 atom stereocenters. The van der Waals surface area contributed by atoms with Gasteiger partial charge in [0.25, 0.3) is 0 Å². The molecule has 7 heteroatoms. The van der Waals surface area contributed by atoms with Crippen LogP contribution in [0.2, 0.25) is 0 Å². The second-order valence-electron chi connectivity index (χ2n) is 5.90. The maximum atomic E-state index is 12.1. The molecule has 1 fully saturated rings. The van der Waals surface area contributed by atoms with E-state index in [2.05, 4.69) is 43.3 Å². The second kappa shape index (κ2) is 7.94. The minimum atomic E-state index is -0.0540. The molecule has 1 amide bonds. The summed E-state index contributed by atoms with van der Waals surface area (Å²) in [6.45, 7) is 6.14. The molecule has 3 rings (SSSR count). The van der Waals surface area contributed by atoms with Gasteiger partial charge in [0.2, 0.25) is 5.91 Å². The molecule has 24 heavy (non-hydrogen) atoms. The van der Waals surface area contributed by atoms with E-state index in [1.807, 2.05) is 18.3 Å². The Bertz CT molecular complexity index is 643. The van der Waals surface area contributed by atoms with Crippen molar-refractivity contribution < 1.29 is 4.79 Å². The number of hydrogen-bond acceptors (Lipinski definition) is 6. The number of nitrogens with one attached hydrogen (secondary N) is 1. The van der Waals surface area contributed by atoms with Crippen LogP contribution in [0.25, 0.3) is 0 Å². The highest BCUT2D eigenvalue weighted by molar-refractivity contribution is 5.91. The molecule has 1 aliphatic heterocycles. The summed E-state index contributed by atoms with van der Waals surface area (Å²) in [5, 5.41) is 10.4. The normalized spacial score (nSPS) is 17.4. The lowest BCUT2D eigenvalue weighted by atomic mass is 10.1. The zero-order valence-electron chi connectivity index (χ0n) is 13.8. The van der Waals surface area contributed by atoms with Gasteiger partial charge in [0.15, 0.2) is 5.82 Å². The minimum Gasteiger partial charge on any atom is -0.308 e. The number of piperazine rings is 1. The van der Waals surface area contributed by atoms with Gasteiger partial charge in [0, 0.05) is 44.6 Å². The summed E-state index contributed by atoms with van der Waals surface area (Å²) >= 11 is 0. The molecule has 2 aromatic heterocycles. The summed E-state index contributed by atoms with van der Waals surface area (Å²) in [5.41, 5.74) is 1.09. The van der Waals surface area contributed by atoms with E-state index >= 15 is 0 Å². The first-order chi connectivity index (χ1) is 11.7. The van der Waals surface area contributed by atoms with Gasteiger partial charge >= 0.3 is 0 Å². The Kier molecular flexibility index (Phi) is 5.45. The number of pyridine rings is 1. The monoisotopic (exact) mass is 326 g/mol. The van der Waals surface area contributed by atoms with E-state index in [9.17, 15) is 4.79 Å². The van der Waals surface area contributed by atoms with Crippen molar-refractivity contribution in [3.05, 3.63) is 48.4 Å². The van der Waals surface area contributed by atoms with Gasteiger partial charge in [-0.1, -0.05) is 6.07 Å². The SMILES string of the molecule is CC(c1ccccn1)N1CCN(CC(=O)Nc2cccnn2)CC1. The molecule has 0 aliphatic carbocycles. The molecule has 1 saturated heterocycles. The number of carbonyl (C=O) groups excluding carboxylic acids is 1. The van der Waals surface area contributed by atoms with Crippen LogP contribution in [0.3, 0.4) is 0 Å². The third-order valence-corrected chi connectivity index (χ3v) is 4.28. The van der Waals surface area contributed by atoms with Crippen LogP contribution in [0.15, 0.2) is 42.7 Å². The molecule has 1 N–H and O–H groups in total. The van der Waals surface area contributed by atoms with Crippen LogP contribution in [0.4, 0.5) is 5.82 Å². The van der Waals surface area contributed by atoms with E-state index in [0.29, 0.717) is 18.4 Å². The average molecular weight is 326 g/mol. The first-order valence-electron chi connectivity index (χ1n) is 8.17. The number of nitrogens with zero attached hydrogens (tertiary/aromatic N) is 5.